The Labute approximate surface area is 115 Å². The molecule has 2 N–H and O–H groups in total. The number of carbonyl (C=O) groups excluding carboxylic acids is 1. The van der Waals surface area contributed by atoms with Crippen molar-refractivity contribution in [2.75, 3.05) is 6.61 Å². The number of rotatable bonds is 4. The summed E-state index contributed by atoms with van der Waals surface area (Å²) in [5.74, 6) is -7.83. The second-order valence-corrected chi connectivity index (χ2v) is 4.06. The van der Waals surface area contributed by atoms with Crippen molar-refractivity contribution in [3.8, 4) is 0 Å². The molecule has 1 aromatic carbocycles. The molecule has 21 heavy (non-hydrogen) atoms. The zero-order valence-corrected chi connectivity index (χ0v) is 10.7. The number of esters is 1. The highest BCUT2D eigenvalue weighted by molar-refractivity contribution is 5.78. The highest BCUT2D eigenvalue weighted by atomic mass is 19.4. The Balaban J connectivity index is 3.19. The second kappa shape index (κ2) is 5.92. The van der Waals surface area contributed by atoms with Crippen molar-refractivity contribution < 1.29 is 35.9 Å². The smallest absolute Gasteiger partial charge is 0.419 e. The third kappa shape index (κ3) is 3.66. The van der Waals surface area contributed by atoms with Gasteiger partial charge in [-0.3, -0.25) is 0 Å². The van der Waals surface area contributed by atoms with E-state index in [0.29, 0.717) is 12.1 Å². The van der Waals surface area contributed by atoms with Gasteiger partial charge in [0.1, 0.15) is 11.9 Å². The maximum atomic E-state index is 13.6. The van der Waals surface area contributed by atoms with Crippen LogP contribution in [0.1, 0.15) is 24.1 Å². The molecule has 0 aliphatic heterocycles. The summed E-state index contributed by atoms with van der Waals surface area (Å²) in [5, 5.41) is 0. The van der Waals surface area contributed by atoms with Gasteiger partial charge in [0, 0.05) is 0 Å². The molecule has 118 valence electrons. The van der Waals surface area contributed by atoms with Gasteiger partial charge in [-0.1, -0.05) is 6.07 Å². The predicted octanol–water partition coefficient (Wildman–Crippen LogP) is 3.04. The standard InChI is InChI=1S/C12H11F6NO2/c1-2-21-10(20)11(14,15)9(19)6-3-4-8(13)7(5-6)12(16,17)18/h3-5,9H,2,19H2,1H3/t9-/m0/s1. The lowest BCUT2D eigenvalue weighted by Gasteiger charge is -2.22. The molecule has 1 aromatic rings. The molecule has 0 amide bonds. The molecule has 1 rings (SSSR count). The molecule has 9 heteroatoms. The molecule has 0 fully saturated rings. The van der Waals surface area contributed by atoms with Crippen LogP contribution in [0.15, 0.2) is 18.2 Å². The summed E-state index contributed by atoms with van der Waals surface area (Å²) < 4.78 is 82.0. The van der Waals surface area contributed by atoms with E-state index >= 15 is 0 Å². The Morgan fingerprint density at radius 1 is 1.29 bits per heavy atom. The Kier molecular flexibility index (Phi) is 4.87. The molecule has 3 nitrogen and oxygen atoms in total. The van der Waals surface area contributed by atoms with Crippen molar-refractivity contribution in [3.05, 3.63) is 35.1 Å². The maximum Gasteiger partial charge on any atom is 0.419 e. The quantitative estimate of drug-likeness (QED) is 0.686. The minimum absolute atomic E-state index is 0.146. The van der Waals surface area contributed by atoms with Gasteiger partial charge in [-0.05, 0) is 24.6 Å². The molecular weight excluding hydrogens is 304 g/mol. The minimum atomic E-state index is -5.07. The number of carbonyl (C=O) groups is 1. The van der Waals surface area contributed by atoms with E-state index in [1.807, 2.05) is 0 Å². The van der Waals surface area contributed by atoms with Gasteiger partial charge in [0.15, 0.2) is 0 Å². The molecule has 0 aliphatic rings. The first-order chi connectivity index (χ1) is 9.51. The topological polar surface area (TPSA) is 52.3 Å². The van der Waals surface area contributed by atoms with Crippen molar-refractivity contribution >= 4 is 5.97 Å². The number of ether oxygens (including phenoxy) is 1. The van der Waals surface area contributed by atoms with Crippen LogP contribution >= 0.6 is 0 Å². The van der Waals surface area contributed by atoms with E-state index in [1.165, 1.54) is 6.92 Å². The van der Waals surface area contributed by atoms with Crippen LogP contribution in [0.5, 0.6) is 0 Å². The molecule has 0 saturated heterocycles. The molecule has 0 aliphatic carbocycles. The van der Waals surface area contributed by atoms with Crippen molar-refractivity contribution in [1.82, 2.24) is 0 Å². The van der Waals surface area contributed by atoms with Crippen LogP contribution in [0.2, 0.25) is 0 Å². The molecule has 0 radical (unpaired) electrons. The molecular formula is C12H11F6NO2. The average molecular weight is 315 g/mol. The first-order valence-corrected chi connectivity index (χ1v) is 5.69. The lowest BCUT2D eigenvalue weighted by molar-refractivity contribution is -0.174. The number of hydrogen-bond donors (Lipinski definition) is 1. The summed E-state index contributed by atoms with van der Waals surface area (Å²) >= 11 is 0. The number of halogens is 6. The summed E-state index contributed by atoms with van der Waals surface area (Å²) in [7, 11) is 0. The first kappa shape index (κ1) is 17.3. The van der Waals surface area contributed by atoms with Gasteiger partial charge >= 0.3 is 18.1 Å². The molecule has 1 atom stereocenters. The van der Waals surface area contributed by atoms with Crippen molar-refractivity contribution in [2.24, 2.45) is 5.73 Å². The van der Waals surface area contributed by atoms with E-state index < -0.39 is 41.1 Å². The fourth-order valence-electron chi connectivity index (χ4n) is 1.52. The fraction of sp³-hybridized carbons (Fsp3) is 0.417. The lowest BCUT2D eigenvalue weighted by atomic mass is 9.99. The maximum absolute atomic E-state index is 13.6. The summed E-state index contributed by atoms with van der Waals surface area (Å²) in [6.07, 6.45) is -5.07. The monoisotopic (exact) mass is 315 g/mol. The van der Waals surface area contributed by atoms with Crippen LogP contribution in [-0.4, -0.2) is 18.5 Å². The number of nitrogens with two attached hydrogens (primary N) is 1. The molecule has 0 aromatic heterocycles. The van der Waals surface area contributed by atoms with E-state index in [2.05, 4.69) is 4.74 Å². The summed E-state index contributed by atoms with van der Waals surface area (Å²) in [5.41, 5.74) is 2.65. The Morgan fingerprint density at radius 3 is 2.33 bits per heavy atom. The van der Waals surface area contributed by atoms with Crippen molar-refractivity contribution in [3.63, 3.8) is 0 Å². The molecule has 0 unspecified atom stereocenters. The van der Waals surface area contributed by atoms with E-state index in [0.717, 1.165) is 0 Å². The number of hydrogen-bond acceptors (Lipinski definition) is 3. The number of benzene rings is 1. The van der Waals surface area contributed by atoms with Crippen LogP contribution in [-0.2, 0) is 15.7 Å². The van der Waals surface area contributed by atoms with Crippen LogP contribution in [0.3, 0.4) is 0 Å². The van der Waals surface area contributed by atoms with E-state index in [-0.39, 0.29) is 12.7 Å². The summed E-state index contributed by atoms with van der Waals surface area (Å²) in [6.45, 7) is 0.928. The van der Waals surface area contributed by atoms with Gasteiger partial charge in [-0.15, -0.1) is 0 Å². The van der Waals surface area contributed by atoms with Gasteiger partial charge in [-0.2, -0.15) is 22.0 Å². The third-order valence-corrected chi connectivity index (χ3v) is 2.59. The minimum Gasteiger partial charge on any atom is -0.462 e. The van der Waals surface area contributed by atoms with Gasteiger partial charge < -0.3 is 10.5 Å². The summed E-state index contributed by atoms with van der Waals surface area (Å²) in [6, 6.07) is -1.23. The molecule has 0 heterocycles. The zero-order valence-electron chi connectivity index (χ0n) is 10.7. The summed E-state index contributed by atoms with van der Waals surface area (Å²) in [4.78, 5) is 11.1. The fourth-order valence-corrected chi connectivity index (χ4v) is 1.52. The largest absolute Gasteiger partial charge is 0.462 e. The Morgan fingerprint density at radius 2 is 1.86 bits per heavy atom. The van der Waals surface area contributed by atoms with E-state index in [9.17, 15) is 31.1 Å². The van der Waals surface area contributed by atoms with Gasteiger partial charge in [-0.25, -0.2) is 9.18 Å². The van der Waals surface area contributed by atoms with E-state index in [4.69, 9.17) is 5.73 Å². The Hall–Kier alpha value is -1.77. The molecule has 0 saturated carbocycles. The lowest BCUT2D eigenvalue weighted by Crippen LogP contribution is -2.41. The molecule has 0 spiro atoms. The number of alkyl halides is 5. The predicted molar refractivity (Wildman–Crippen MR) is 59.9 cm³/mol. The zero-order chi connectivity index (χ0) is 16.4. The van der Waals surface area contributed by atoms with Crippen molar-refractivity contribution in [1.29, 1.82) is 0 Å². The van der Waals surface area contributed by atoms with Gasteiger partial charge in [0.25, 0.3) is 0 Å². The second-order valence-electron chi connectivity index (χ2n) is 4.06. The SMILES string of the molecule is CCOC(=O)C(F)(F)[C@@H](N)c1ccc(F)c(C(F)(F)F)c1. The first-order valence-electron chi connectivity index (χ1n) is 5.69. The van der Waals surface area contributed by atoms with Gasteiger partial charge in [0.2, 0.25) is 0 Å². The van der Waals surface area contributed by atoms with Crippen LogP contribution < -0.4 is 5.73 Å². The Bertz CT molecular complexity index is 529. The van der Waals surface area contributed by atoms with Crippen LogP contribution in [0.4, 0.5) is 26.3 Å². The molecule has 0 bridgehead atoms. The van der Waals surface area contributed by atoms with Crippen LogP contribution in [0, 0.1) is 5.82 Å². The van der Waals surface area contributed by atoms with Crippen LogP contribution in [0.25, 0.3) is 0 Å². The highest BCUT2D eigenvalue weighted by Gasteiger charge is 2.48. The van der Waals surface area contributed by atoms with Crippen molar-refractivity contribution in [2.45, 2.75) is 25.1 Å². The normalized spacial score (nSPS) is 13.9. The third-order valence-electron chi connectivity index (χ3n) is 2.59. The van der Waals surface area contributed by atoms with E-state index in [1.54, 1.807) is 0 Å². The highest BCUT2D eigenvalue weighted by Crippen LogP contribution is 2.36. The average Bonchev–Trinajstić information content (AvgIpc) is 2.37. The van der Waals surface area contributed by atoms with Gasteiger partial charge in [0.05, 0.1) is 12.2 Å².